The summed E-state index contributed by atoms with van der Waals surface area (Å²) in [5.74, 6) is 0.0854. The number of carbonyl (C=O) groups excluding carboxylic acids is 1. The minimum atomic E-state index is -2.95. The van der Waals surface area contributed by atoms with Gasteiger partial charge >= 0.3 is 6.61 Å². The zero-order valence-corrected chi connectivity index (χ0v) is 20.4. The number of Topliss-reactive ketones (excluding diaryl/α,β-unsaturated/α-hetero) is 1. The largest absolute Gasteiger partial charge is 0.494 e. The van der Waals surface area contributed by atoms with Crippen LogP contribution in [0.15, 0.2) is 83.7 Å². The summed E-state index contributed by atoms with van der Waals surface area (Å²) in [5.41, 5.74) is 0.707. The van der Waals surface area contributed by atoms with Crippen LogP contribution in [0.3, 0.4) is 0 Å². The Morgan fingerprint density at radius 3 is 2.27 bits per heavy atom. The molecule has 0 unspecified atom stereocenters. The summed E-state index contributed by atoms with van der Waals surface area (Å²) in [6, 6.07) is 22.8. The first-order valence-corrected chi connectivity index (χ1v) is 12.0. The quantitative estimate of drug-likeness (QED) is 0.325. The van der Waals surface area contributed by atoms with Gasteiger partial charge in [-0.25, -0.2) is 0 Å². The Hall–Kier alpha value is -4.55. The van der Waals surface area contributed by atoms with E-state index >= 15 is 0 Å². The SMILES string of the molecule is CCOc1ccc(-n2c(=C(C#N)C(=O)c3ccccc3)sc(=Cc3ccc(OC(F)F)cc3)c2=O)cc1. The number of benzene rings is 3. The van der Waals surface area contributed by atoms with Gasteiger partial charge in [-0.3, -0.25) is 14.2 Å². The van der Waals surface area contributed by atoms with Crippen molar-refractivity contribution >= 4 is 28.8 Å². The Balaban J connectivity index is 1.93. The van der Waals surface area contributed by atoms with E-state index < -0.39 is 18.0 Å². The normalized spacial score (nSPS) is 12.2. The standard InChI is InChI=1S/C28H20F2N2O4S/c1-2-35-21-14-10-20(11-15-21)32-26(34)24(16-18-8-12-22(13-9-18)36-28(29)30)37-27(32)23(17-31)25(33)19-6-4-3-5-7-19/h3-16,28H,2H2,1H3. The van der Waals surface area contributed by atoms with E-state index in [1.807, 2.05) is 13.0 Å². The average molecular weight is 519 g/mol. The molecule has 0 saturated heterocycles. The summed E-state index contributed by atoms with van der Waals surface area (Å²) >= 11 is 0.993. The third-order valence-corrected chi connectivity index (χ3v) is 6.31. The number of hydrogen-bond acceptors (Lipinski definition) is 6. The molecule has 0 aliphatic rings. The monoisotopic (exact) mass is 518 g/mol. The molecule has 0 fully saturated rings. The topological polar surface area (TPSA) is 81.3 Å². The van der Waals surface area contributed by atoms with Gasteiger partial charge in [0.15, 0.2) is 0 Å². The van der Waals surface area contributed by atoms with Gasteiger partial charge in [-0.05, 0) is 55.0 Å². The molecule has 0 atom stereocenters. The number of ether oxygens (including phenoxy) is 2. The lowest BCUT2D eigenvalue weighted by molar-refractivity contribution is -0.0498. The summed E-state index contributed by atoms with van der Waals surface area (Å²) in [5, 5.41) is 9.97. The highest BCUT2D eigenvalue weighted by Gasteiger charge is 2.18. The van der Waals surface area contributed by atoms with Gasteiger partial charge in [0, 0.05) is 5.56 Å². The molecule has 0 spiro atoms. The number of rotatable bonds is 8. The number of halogens is 2. The summed E-state index contributed by atoms with van der Waals surface area (Å²) in [4.78, 5) is 26.8. The lowest BCUT2D eigenvalue weighted by Crippen LogP contribution is -2.31. The molecule has 1 aromatic heterocycles. The molecule has 0 saturated carbocycles. The Morgan fingerprint density at radius 2 is 1.68 bits per heavy atom. The van der Waals surface area contributed by atoms with Crippen molar-refractivity contribution in [2.45, 2.75) is 13.5 Å². The molecule has 0 aliphatic heterocycles. The van der Waals surface area contributed by atoms with Crippen LogP contribution in [0.25, 0.3) is 17.3 Å². The highest BCUT2D eigenvalue weighted by molar-refractivity contribution is 7.07. The first-order chi connectivity index (χ1) is 17.9. The van der Waals surface area contributed by atoms with Crippen LogP contribution in [0.1, 0.15) is 22.8 Å². The fourth-order valence-corrected chi connectivity index (χ4v) is 4.67. The molecule has 4 rings (SSSR count). The molecule has 0 bridgehead atoms. The van der Waals surface area contributed by atoms with Gasteiger partial charge in [0.25, 0.3) is 5.56 Å². The van der Waals surface area contributed by atoms with Crippen molar-refractivity contribution in [1.82, 2.24) is 4.57 Å². The molecule has 0 aliphatic carbocycles. The van der Waals surface area contributed by atoms with Gasteiger partial charge in [0.1, 0.15) is 27.8 Å². The van der Waals surface area contributed by atoms with Crippen molar-refractivity contribution < 1.29 is 23.0 Å². The predicted octanol–water partition coefficient (Wildman–Crippen LogP) is 4.29. The number of thiazole rings is 1. The van der Waals surface area contributed by atoms with Crippen LogP contribution in [0.5, 0.6) is 11.5 Å². The highest BCUT2D eigenvalue weighted by Crippen LogP contribution is 2.16. The van der Waals surface area contributed by atoms with Crippen molar-refractivity contribution in [2.24, 2.45) is 0 Å². The molecule has 186 valence electrons. The Bertz CT molecular complexity index is 1620. The third kappa shape index (κ3) is 5.82. The predicted molar refractivity (Wildman–Crippen MR) is 137 cm³/mol. The molecule has 4 aromatic rings. The molecule has 6 nitrogen and oxygen atoms in total. The number of alkyl halides is 2. The molecule has 1 heterocycles. The van der Waals surface area contributed by atoms with Gasteiger partial charge in [0.05, 0.1) is 16.8 Å². The second-order valence-corrected chi connectivity index (χ2v) is 8.64. The first-order valence-electron chi connectivity index (χ1n) is 11.2. The fraction of sp³-hybridized carbons (Fsp3) is 0.107. The smallest absolute Gasteiger partial charge is 0.387 e. The summed E-state index contributed by atoms with van der Waals surface area (Å²) in [6.45, 7) is -0.619. The molecule has 0 radical (unpaired) electrons. The van der Waals surface area contributed by atoms with E-state index in [0.29, 0.717) is 29.2 Å². The number of nitriles is 1. The van der Waals surface area contributed by atoms with Crippen molar-refractivity contribution in [3.63, 3.8) is 0 Å². The van der Waals surface area contributed by atoms with Gasteiger partial charge in [-0.2, -0.15) is 14.0 Å². The van der Waals surface area contributed by atoms with Crippen LogP contribution in [0.4, 0.5) is 8.78 Å². The van der Waals surface area contributed by atoms with Crippen LogP contribution >= 0.6 is 11.3 Å². The summed E-state index contributed by atoms with van der Waals surface area (Å²) < 4.78 is 36.5. The van der Waals surface area contributed by atoms with Gasteiger partial charge in [-0.15, -0.1) is 11.3 Å². The van der Waals surface area contributed by atoms with E-state index in [1.165, 1.54) is 28.8 Å². The maximum absolute atomic E-state index is 13.6. The Morgan fingerprint density at radius 1 is 1.03 bits per heavy atom. The lowest BCUT2D eigenvalue weighted by Gasteiger charge is -2.06. The number of carbonyl (C=O) groups is 1. The zero-order chi connectivity index (χ0) is 26.4. The van der Waals surface area contributed by atoms with Crippen molar-refractivity contribution in [3.05, 3.63) is 110 Å². The molecule has 9 heteroatoms. The number of hydrogen-bond donors (Lipinski definition) is 0. The molecular weight excluding hydrogens is 498 g/mol. The second kappa shape index (κ2) is 11.5. The molecule has 3 aromatic carbocycles. The molecule has 37 heavy (non-hydrogen) atoms. The highest BCUT2D eigenvalue weighted by atomic mass is 32.1. The molecule has 0 N–H and O–H groups in total. The van der Waals surface area contributed by atoms with Crippen LogP contribution < -0.4 is 24.2 Å². The lowest BCUT2D eigenvalue weighted by atomic mass is 10.1. The van der Waals surface area contributed by atoms with Crippen LogP contribution in [-0.4, -0.2) is 23.6 Å². The van der Waals surface area contributed by atoms with Gasteiger partial charge in [0.2, 0.25) is 5.78 Å². The van der Waals surface area contributed by atoms with Crippen molar-refractivity contribution in [3.8, 4) is 23.3 Å². The summed E-state index contributed by atoms with van der Waals surface area (Å²) in [7, 11) is 0. The minimum Gasteiger partial charge on any atom is -0.494 e. The third-order valence-electron chi connectivity index (χ3n) is 5.22. The number of ketones is 1. The van der Waals surface area contributed by atoms with E-state index in [4.69, 9.17) is 4.74 Å². The summed E-state index contributed by atoms with van der Waals surface area (Å²) in [6.07, 6.45) is 1.57. The van der Waals surface area contributed by atoms with E-state index in [1.54, 1.807) is 60.7 Å². The zero-order valence-electron chi connectivity index (χ0n) is 19.6. The first kappa shape index (κ1) is 25.5. The van der Waals surface area contributed by atoms with E-state index in [0.717, 1.165) is 11.3 Å². The molecular formula is C28H20F2N2O4S. The maximum Gasteiger partial charge on any atom is 0.387 e. The minimum absolute atomic E-state index is 0.0145. The Labute approximate surface area is 214 Å². The second-order valence-electron chi connectivity index (χ2n) is 7.61. The molecule has 0 amide bonds. The van der Waals surface area contributed by atoms with Crippen molar-refractivity contribution in [1.29, 1.82) is 5.26 Å². The van der Waals surface area contributed by atoms with Gasteiger partial charge < -0.3 is 9.47 Å². The average Bonchev–Trinajstić information content (AvgIpc) is 3.21. The van der Waals surface area contributed by atoms with E-state index in [2.05, 4.69) is 4.74 Å². The van der Waals surface area contributed by atoms with E-state index in [-0.39, 0.29) is 20.5 Å². The van der Waals surface area contributed by atoms with Gasteiger partial charge in [-0.1, -0.05) is 42.5 Å². The van der Waals surface area contributed by atoms with Crippen LogP contribution in [0, 0.1) is 11.3 Å². The number of nitrogens with zero attached hydrogens (tertiary/aromatic N) is 2. The maximum atomic E-state index is 13.6. The number of aromatic nitrogens is 1. The van der Waals surface area contributed by atoms with Crippen LogP contribution in [0.2, 0.25) is 0 Å². The Kier molecular flexibility index (Phi) is 7.91. The van der Waals surface area contributed by atoms with E-state index in [9.17, 15) is 23.6 Å². The van der Waals surface area contributed by atoms with Crippen LogP contribution in [-0.2, 0) is 0 Å². The fourth-order valence-electron chi connectivity index (χ4n) is 3.57. The van der Waals surface area contributed by atoms with Crippen molar-refractivity contribution in [2.75, 3.05) is 6.61 Å².